The van der Waals surface area contributed by atoms with Gasteiger partial charge in [-0.2, -0.15) is 0 Å². The molecule has 0 aliphatic heterocycles. The van der Waals surface area contributed by atoms with Gasteiger partial charge in [-0.15, -0.1) is 0 Å². The maximum atomic E-state index is 10.5. The highest BCUT2D eigenvalue weighted by molar-refractivity contribution is 6.34. The largest absolute Gasteiger partial charge is 0.460 e. The van der Waals surface area contributed by atoms with Crippen LogP contribution >= 0.6 is 0 Å². The van der Waals surface area contributed by atoms with E-state index in [2.05, 4.69) is 16.6 Å². The standard InChI is InChI=1S/C6H9O4/c1-3-10-6(8)5(7)4-9-2/h2-4H2,1H3. The van der Waals surface area contributed by atoms with Crippen LogP contribution in [0, 0.1) is 7.11 Å². The summed E-state index contributed by atoms with van der Waals surface area (Å²) in [7, 11) is 2.94. The topological polar surface area (TPSA) is 52.6 Å². The lowest BCUT2D eigenvalue weighted by atomic mass is 10.4. The van der Waals surface area contributed by atoms with Gasteiger partial charge in [-0.3, -0.25) is 4.79 Å². The highest BCUT2D eigenvalue weighted by atomic mass is 16.5. The normalized spacial score (nSPS) is 9.00. The number of ether oxygens (including phenoxy) is 2. The third kappa shape index (κ3) is 3.19. The SMILES string of the molecule is [CH2]OCC(=O)C(=O)OCC. The quantitative estimate of drug-likeness (QED) is 0.410. The van der Waals surface area contributed by atoms with Crippen LogP contribution in [0.3, 0.4) is 0 Å². The number of hydrogen-bond donors (Lipinski definition) is 0. The van der Waals surface area contributed by atoms with Crippen LogP contribution in [-0.2, 0) is 19.1 Å². The maximum absolute atomic E-state index is 10.5. The van der Waals surface area contributed by atoms with Crippen molar-refractivity contribution in [2.24, 2.45) is 0 Å². The molecule has 0 rings (SSSR count). The fourth-order valence-corrected chi connectivity index (χ4v) is 0.363. The highest BCUT2D eigenvalue weighted by Crippen LogP contribution is 1.81. The van der Waals surface area contributed by atoms with Gasteiger partial charge in [0.05, 0.1) is 13.7 Å². The monoisotopic (exact) mass is 145 g/mol. The lowest BCUT2D eigenvalue weighted by Crippen LogP contribution is -2.21. The molecule has 57 valence electrons. The van der Waals surface area contributed by atoms with E-state index < -0.39 is 11.8 Å². The zero-order valence-electron chi connectivity index (χ0n) is 5.75. The van der Waals surface area contributed by atoms with E-state index in [1.54, 1.807) is 6.92 Å². The summed E-state index contributed by atoms with van der Waals surface area (Å²) in [6.45, 7) is 1.50. The van der Waals surface area contributed by atoms with E-state index in [1.165, 1.54) is 0 Å². The first-order valence-corrected chi connectivity index (χ1v) is 2.79. The highest BCUT2D eigenvalue weighted by Gasteiger charge is 2.12. The molecule has 4 heteroatoms. The van der Waals surface area contributed by atoms with Crippen molar-refractivity contribution in [3.8, 4) is 0 Å². The Morgan fingerprint density at radius 2 is 2.10 bits per heavy atom. The summed E-state index contributed by atoms with van der Waals surface area (Å²) in [5.41, 5.74) is 0. The summed E-state index contributed by atoms with van der Waals surface area (Å²) < 4.78 is 8.53. The molecule has 4 nitrogen and oxygen atoms in total. The number of ketones is 1. The molecule has 0 aromatic heterocycles. The molecule has 0 N–H and O–H groups in total. The number of carbonyl (C=O) groups excluding carboxylic acids is 2. The second-order valence-corrected chi connectivity index (χ2v) is 1.49. The average molecular weight is 145 g/mol. The fraction of sp³-hybridized carbons (Fsp3) is 0.500. The van der Waals surface area contributed by atoms with Gasteiger partial charge in [-0.05, 0) is 6.92 Å². The third-order valence-corrected chi connectivity index (χ3v) is 0.736. The van der Waals surface area contributed by atoms with Gasteiger partial charge in [0.2, 0.25) is 0 Å². The van der Waals surface area contributed by atoms with E-state index in [-0.39, 0.29) is 13.2 Å². The molecule has 0 bridgehead atoms. The van der Waals surface area contributed by atoms with Gasteiger partial charge in [0.25, 0.3) is 5.78 Å². The lowest BCUT2D eigenvalue weighted by molar-refractivity contribution is -0.154. The summed E-state index contributed by atoms with van der Waals surface area (Å²) in [4.78, 5) is 20.9. The maximum Gasteiger partial charge on any atom is 0.377 e. The first kappa shape index (κ1) is 9.10. The van der Waals surface area contributed by atoms with Crippen LogP contribution in [0.4, 0.5) is 0 Å². The van der Waals surface area contributed by atoms with Crippen molar-refractivity contribution >= 4 is 11.8 Å². The molecule has 0 aliphatic rings. The Hall–Kier alpha value is -0.900. The van der Waals surface area contributed by atoms with Crippen molar-refractivity contribution in [2.75, 3.05) is 13.2 Å². The van der Waals surface area contributed by atoms with Crippen LogP contribution in [0.25, 0.3) is 0 Å². The van der Waals surface area contributed by atoms with E-state index in [9.17, 15) is 9.59 Å². The van der Waals surface area contributed by atoms with Crippen LogP contribution in [0.15, 0.2) is 0 Å². The third-order valence-electron chi connectivity index (χ3n) is 0.736. The zero-order valence-corrected chi connectivity index (χ0v) is 5.75. The molecule has 0 spiro atoms. The number of hydrogen-bond acceptors (Lipinski definition) is 4. The first-order chi connectivity index (χ1) is 4.72. The van der Waals surface area contributed by atoms with E-state index in [0.717, 1.165) is 0 Å². The molecule has 10 heavy (non-hydrogen) atoms. The van der Waals surface area contributed by atoms with Gasteiger partial charge < -0.3 is 9.47 Å². The van der Waals surface area contributed by atoms with Crippen molar-refractivity contribution in [1.29, 1.82) is 0 Å². The minimum Gasteiger partial charge on any atom is -0.460 e. The summed E-state index contributed by atoms with van der Waals surface area (Å²) in [5.74, 6) is -1.58. The fourth-order valence-electron chi connectivity index (χ4n) is 0.363. The van der Waals surface area contributed by atoms with Gasteiger partial charge in [0.15, 0.2) is 0 Å². The van der Waals surface area contributed by atoms with Gasteiger partial charge >= 0.3 is 5.97 Å². The molecule has 0 atom stereocenters. The van der Waals surface area contributed by atoms with Gasteiger partial charge in [0.1, 0.15) is 6.61 Å². The van der Waals surface area contributed by atoms with E-state index in [1.807, 2.05) is 0 Å². The predicted molar refractivity (Wildman–Crippen MR) is 32.9 cm³/mol. The zero-order chi connectivity index (χ0) is 7.98. The Balaban J connectivity index is 3.60. The summed E-state index contributed by atoms with van der Waals surface area (Å²) in [6.07, 6.45) is 0. The smallest absolute Gasteiger partial charge is 0.377 e. The summed E-state index contributed by atoms with van der Waals surface area (Å²) in [5, 5.41) is 0. The number of esters is 1. The molecule has 0 saturated heterocycles. The Kier molecular flexibility index (Phi) is 4.49. The number of Topliss-reactive ketones (excluding diaryl/α,β-unsaturated/α-hetero) is 1. The molecule has 0 fully saturated rings. The average Bonchev–Trinajstić information content (AvgIpc) is 1.89. The van der Waals surface area contributed by atoms with Gasteiger partial charge in [0, 0.05) is 0 Å². The number of carbonyl (C=O) groups is 2. The van der Waals surface area contributed by atoms with Crippen molar-refractivity contribution < 1.29 is 19.1 Å². The Morgan fingerprint density at radius 1 is 1.50 bits per heavy atom. The van der Waals surface area contributed by atoms with Crippen molar-refractivity contribution in [1.82, 2.24) is 0 Å². The van der Waals surface area contributed by atoms with Crippen LogP contribution < -0.4 is 0 Å². The van der Waals surface area contributed by atoms with Crippen LogP contribution in [0.2, 0.25) is 0 Å². The summed E-state index contributed by atoms with van der Waals surface area (Å²) >= 11 is 0. The van der Waals surface area contributed by atoms with Crippen molar-refractivity contribution in [3.63, 3.8) is 0 Å². The molecule has 1 radical (unpaired) electrons. The molecule has 0 unspecified atom stereocenters. The molecule has 0 saturated carbocycles. The second-order valence-electron chi connectivity index (χ2n) is 1.49. The molecular weight excluding hydrogens is 136 g/mol. The minimum atomic E-state index is -0.869. The summed E-state index contributed by atoms with van der Waals surface area (Å²) in [6, 6.07) is 0. The van der Waals surface area contributed by atoms with E-state index >= 15 is 0 Å². The molecular formula is C6H9O4. The van der Waals surface area contributed by atoms with E-state index in [4.69, 9.17) is 0 Å². The van der Waals surface area contributed by atoms with Crippen LogP contribution in [0.1, 0.15) is 6.92 Å². The molecule has 0 aromatic carbocycles. The van der Waals surface area contributed by atoms with Crippen molar-refractivity contribution in [2.45, 2.75) is 6.92 Å². The molecule has 0 aromatic rings. The van der Waals surface area contributed by atoms with Gasteiger partial charge in [-0.1, -0.05) is 0 Å². The number of rotatable bonds is 4. The van der Waals surface area contributed by atoms with Crippen LogP contribution in [0.5, 0.6) is 0 Å². The molecule has 0 aliphatic carbocycles. The minimum absolute atomic E-state index is 0.196. The second kappa shape index (κ2) is 4.93. The first-order valence-electron chi connectivity index (χ1n) is 2.79. The Bertz CT molecular complexity index is 114. The van der Waals surface area contributed by atoms with Gasteiger partial charge in [-0.25, -0.2) is 4.79 Å². The van der Waals surface area contributed by atoms with Crippen molar-refractivity contribution in [3.05, 3.63) is 7.11 Å². The Labute approximate surface area is 59.1 Å². The lowest BCUT2D eigenvalue weighted by Gasteiger charge is -1.97. The van der Waals surface area contributed by atoms with E-state index in [0.29, 0.717) is 0 Å². The van der Waals surface area contributed by atoms with Crippen LogP contribution in [-0.4, -0.2) is 25.0 Å². The predicted octanol–water partition coefficient (Wildman–Crippen LogP) is -0.0732. The molecule has 0 amide bonds. The Morgan fingerprint density at radius 3 is 2.50 bits per heavy atom. The molecule has 0 heterocycles.